The Morgan fingerprint density at radius 2 is 2.12 bits per heavy atom. The Kier molecular flexibility index (Phi) is 4.49. The summed E-state index contributed by atoms with van der Waals surface area (Å²) in [4.78, 5) is 20.9. The molecular formula is C17H16ClFN4O. The first kappa shape index (κ1) is 16.4. The lowest BCUT2D eigenvalue weighted by Crippen LogP contribution is -2.23. The van der Waals surface area contributed by atoms with Crippen molar-refractivity contribution in [3.63, 3.8) is 0 Å². The second kappa shape index (κ2) is 6.57. The van der Waals surface area contributed by atoms with E-state index in [1.165, 1.54) is 18.2 Å². The molecule has 0 radical (unpaired) electrons. The van der Waals surface area contributed by atoms with Gasteiger partial charge in [-0.1, -0.05) is 18.5 Å². The molecule has 0 aliphatic heterocycles. The summed E-state index contributed by atoms with van der Waals surface area (Å²) in [5.74, 6) is -0.180. The fourth-order valence-electron chi connectivity index (χ4n) is 2.41. The molecule has 1 atom stereocenters. The van der Waals surface area contributed by atoms with Crippen molar-refractivity contribution in [1.29, 1.82) is 0 Å². The van der Waals surface area contributed by atoms with E-state index in [1.807, 2.05) is 13.8 Å². The zero-order valence-corrected chi connectivity index (χ0v) is 14.0. The largest absolute Gasteiger partial charge is 0.324 e. The SMILES string of the molecule is CCC(C)n1c(=O)ccc2cnc(Nc3ccc(F)c(Cl)c3)nc21. The number of anilines is 2. The Bertz CT molecular complexity index is 957. The van der Waals surface area contributed by atoms with E-state index < -0.39 is 5.82 Å². The number of hydrogen-bond acceptors (Lipinski definition) is 4. The molecule has 1 aromatic carbocycles. The number of nitrogens with zero attached hydrogens (tertiary/aromatic N) is 3. The molecule has 0 saturated heterocycles. The number of rotatable bonds is 4. The lowest BCUT2D eigenvalue weighted by Gasteiger charge is -2.15. The third-order valence-electron chi connectivity index (χ3n) is 3.87. The molecule has 0 bridgehead atoms. The van der Waals surface area contributed by atoms with E-state index in [4.69, 9.17) is 11.6 Å². The highest BCUT2D eigenvalue weighted by Crippen LogP contribution is 2.22. The van der Waals surface area contributed by atoms with Crippen LogP contribution in [-0.4, -0.2) is 14.5 Å². The van der Waals surface area contributed by atoms with E-state index in [-0.39, 0.29) is 16.6 Å². The molecule has 3 rings (SSSR count). The van der Waals surface area contributed by atoms with Gasteiger partial charge < -0.3 is 5.32 Å². The molecule has 3 aromatic rings. The third-order valence-corrected chi connectivity index (χ3v) is 4.16. The maximum Gasteiger partial charge on any atom is 0.252 e. The number of benzene rings is 1. The summed E-state index contributed by atoms with van der Waals surface area (Å²) in [7, 11) is 0. The van der Waals surface area contributed by atoms with E-state index in [0.29, 0.717) is 17.3 Å². The summed E-state index contributed by atoms with van der Waals surface area (Å²) in [6, 6.07) is 7.50. The minimum atomic E-state index is -0.493. The third kappa shape index (κ3) is 3.10. The van der Waals surface area contributed by atoms with Crippen LogP contribution in [-0.2, 0) is 0 Å². The van der Waals surface area contributed by atoms with Crippen LogP contribution < -0.4 is 10.9 Å². The molecule has 7 heteroatoms. The fraction of sp³-hybridized carbons (Fsp3) is 0.235. The van der Waals surface area contributed by atoms with Crippen LogP contribution in [0, 0.1) is 5.82 Å². The van der Waals surface area contributed by atoms with Crippen LogP contribution in [0.5, 0.6) is 0 Å². The Morgan fingerprint density at radius 3 is 2.83 bits per heavy atom. The summed E-state index contributed by atoms with van der Waals surface area (Å²) >= 11 is 5.78. The number of aromatic nitrogens is 3. The number of hydrogen-bond donors (Lipinski definition) is 1. The predicted molar refractivity (Wildman–Crippen MR) is 93.5 cm³/mol. The zero-order chi connectivity index (χ0) is 17.3. The van der Waals surface area contributed by atoms with Gasteiger partial charge in [0.1, 0.15) is 11.5 Å². The summed E-state index contributed by atoms with van der Waals surface area (Å²) < 4.78 is 14.9. The normalized spacial score (nSPS) is 12.3. The molecule has 0 aliphatic carbocycles. The molecule has 124 valence electrons. The average molecular weight is 347 g/mol. The van der Waals surface area contributed by atoms with Gasteiger partial charge in [0.05, 0.1) is 5.02 Å². The minimum Gasteiger partial charge on any atom is -0.324 e. The van der Waals surface area contributed by atoms with Crippen LogP contribution in [0.1, 0.15) is 26.3 Å². The van der Waals surface area contributed by atoms with Crippen molar-refractivity contribution in [3.8, 4) is 0 Å². The highest BCUT2D eigenvalue weighted by Gasteiger charge is 2.11. The van der Waals surface area contributed by atoms with E-state index in [1.54, 1.807) is 22.9 Å². The van der Waals surface area contributed by atoms with Crippen LogP contribution in [0.2, 0.25) is 5.02 Å². The minimum absolute atomic E-state index is 0.0114. The molecule has 0 fully saturated rings. The van der Waals surface area contributed by atoms with Gasteiger partial charge in [-0.05, 0) is 37.6 Å². The van der Waals surface area contributed by atoms with Gasteiger partial charge in [-0.15, -0.1) is 0 Å². The van der Waals surface area contributed by atoms with Gasteiger partial charge in [-0.25, -0.2) is 9.37 Å². The number of halogens is 2. The second-order valence-electron chi connectivity index (χ2n) is 5.53. The van der Waals surface area contributed by atoms with Crippen molar-refractivity contribution in [2.45, 2.75) is 26.3 Å². The smallest absolute Gasteiger partial charge is 0.252 e. The quantitative estimate of drug-likeness (QED) is 0.765. The first-order chi connectivity index (χ1) is 11.5. The molecule has 0 amide bonds. The molecule has 0 spiro atoms. The van der Waals surface area contributed by atoms with Crippen LogP contribution in [0.4, 0.5) is 16.0 Å². The Labute approximate surface area is 143 Å². The standard InChI is InChI=1S/C17H16ClFN4O/c1-3-10(2)23-15(24)7-4-11-9-20-17(22-16(11)23)21-12-5-6-14(19)13(18)8-12/h4-10H,3H2,1-2H3,(H,20,21,22). The summed E-state index contributed by atoms with van der Waals surface area (Å²) in [5, 5.41) is 3.77. The van der Waals surface area contributed by atoms with Gasteiger partial charge in [0.2, 0.25) is 5.95 Å². The van der Waals surface area contributed by atoms with Crippen LogP contribution in [0.25, 0.3) is 11.0 Å². The van der Waals surface area contributed by atoms with Crippen molar-refractivity contribution in [3.05, 3.63) is 57.7 Å². The van der Waals surface area contributed by atoms with E-state index in [0.717, 1.165) is 11.8 Å². The monoisotopic (exact) mass is 346 g/mol. The van der Waals surface area contributed by atoms with Crippen molar-refractivity contribution < 1.29 is 4.39 Å². The maximum absolute atomic E-state index is 13.2. The first-order valence-electron chi connectivity index (χ1n) is 7.60. The van der Waals surface area contributed by atoms with Crippen molar-refractivity contribution >= 4 is 34.3 Å². The Morgan fingerprint density at radius 1 is 1.33 bits per heavy atom. The topological polar surface area (TPSA) is 59.8 Å². The molecule has 0 aliphatic rings. The molecular weight excluding hydrogens is 331 g/mol. The average Bonchev–Trinajstić information content (AvgIpc) is 2.57. The molecule has 5 nitrogen and oxygen atoms in total. The van der Waals surface area contributed by atoms with Crippen molar-refractivity contribution in [1.82, 2.24) is 14.5 Å². The molecule has 1 N–H and O–H groups in total. The molecule has 2 aromatic heterocycles. The van der Waals surface area contributed by atoms with Gasteiger partial charge in [0, 0.05) is 29.4 Å². The Hall–Kier alpha value is -2.47. The molecule has 0 saturated carbocycles. The summed E-state index contributed by atoms with van der Waals surface area (Å²) in [6.07, 6.45) is 2.45. The van der Waals surface area contributed by atoms with Gasteiger partial charge in [-0.3, -0.25) is 9.36 Å². The van der Waals surface area contributed by atoms with E-state index in [2.05, 4.69) is 15.3 Å². The Balaban J connectivity index is 2.06. The van der Waals surface area contributed by atoms with E-state index in [9.17, 15) is 9.18 Å². The highest BCUT2D eigenvalue weighted by atomic mass is 35.5. The second-order valence-corrected chi connectivity index (χ2v) is 5.93. The van der Waals surface area contributed by atoms with Gasteiger partial charge in [0.15, 0.2) is 0 Å². The molecule has 24 heavy (non-hydrogen) atoms. The predicted octanol–water partition coefficient (Wildman–Crippen LogP) is 4.30. The highest BCUT2D eigenvalue weighted by molar-refractivity contribution is 6.31. The van der Waals surface area contributed by atoms with Crippen LogP contribution >= 0.6 is 11.6 Å². The first-order valence-corrected chi connectivity index (χ1v) is 7.97. The summed E-state index contributed by atoms with van der Waals surface area (Å²) in [5.41, 5.74) is 1.02. The molecule has 2 heterocycles. The van der Waals surface area contributed by atoms with Crippen LogP contribution in [0.15, 0.2) is 41.3 Å². The lowest BCUT2D eigenvalue weighted by molar-refractivity contribution is 0.528. The molecule has 1 unspecified atom stereocenters. The number of pyridine rings is 1. The van der Waals surface area contributed by atoms with Crippen molar-refractivity contribution in [2.75, 3.05) is 5.32 Å². The van der Waals surface area contributed by atoms with Crippen molar-refractivity contribution in [2.24, 2.45) is 0 Å². The maximum atomic E-state index is 13.2. The van der Waals surface area contributed by atoms with Gasteiger partial charge in [0.25, 0.3) is 5.56 Å². The van der Waals surface area contributed by atoms with Crippen LogP contribution in [0.3, 0.4) is 0 Å². The summed E-state index contributed by atoms with van der Waals surface area (Å²) in [6.45, 7) is 3.98. The number of nitrogens with one attached hydrogen (secondary N) is 1. The zero-order valence-electron chi connectivity index (χ0n) is 13.3. The van der Waals surface area contributed by atoms with E-state index >= 15 is 0 Å². The van der Waals surface area contributed by atoms with Gasteiger partial charge >= 0.3 is 0 Å². The number of fused-ring (bicyclic) bond motifs is 1. The fourth-order valence-corrected chi connectivity index (χ4v) is 2.59. The van der Waals surface area contributed by atoms with Gasteiger partial charge in [-0.2, -0.15) is 4.98 Å². The lowest BCUT2D eigenvalue weighted by atomic mass is 10.2.